The van der Waals surface area contributed by atoms with E-state index in [1.807, 2.05) is 0 Å². The maximum atomic E-state index is 12.2. The van der Waals surface area contributed by atoms with Crippen molar-refractivity contribution in [3.05, 3.63) is 10.4 Å². The number of nitriles is 1. The Morgan fingerprint density at radius 2 is 1.81 bits per heavy atom. The lowest BCUT2D eigenvalue weighted by atomic mass is 10.1. The quantitative estimate of drug-likeness (QED) is 0.911. The number of nitrogen functional groups attached to an aromatic ring is 1. The molecular formula is C15H22N4OS. The third kappa shape index (κ3) is 3.30. The van der Waals surface area contributed by atoms with Gasteiger partial charge >= 0.3 is 0 Å². The number of carbonyl (C=O) groups is 1. The molecule has 2 N–H and O–H groups in total. The monoisotopic (exact) mass is 306 g/mol. The van der Waals surface area contributed by atoms with Crippen LogP contribution in [0, 0.1) is 11.3 Å². The Balaban J connectivity index is 2.36. The fourth-order valence-electron chi connectivity index (χ4n) is 2.57. The molecule has 6 heteroatoms. The van der Waals surface area contributed by atoms with Gasteiger partial charge in [0.05, 0.1) is 5.69 Å². The summed E-state index contributed by atoms with van der Waals surface area (Å²) in [6.07, 6.45) is 5.99. The van der Waals surface area contributed by atoms with Crippen LogP contribution in [0.1, 0.15) is 47.3 Å². The smallest absolute Gasteiger partial charge is 0.265 e. The van der Waals surface area contributed by atoms with E-state index in [1.54, 1.807) is 14.1 Å². The summed E-state index contributed by atoms with van der Waals surface area (Å²) in [5.74, 6) is -0.132. The molecule has 0 unspecified atom stereocenters. The summed E-state index contributed by atoms with van der Waals surface area (Å²) in [5.41, 5.74) is 6.84. The van der Waals surface area contributed by atoms with Gasteiger partial charge in [0.1, 0.15) is 21.5 Å². The molecule has 1 aliphatic heterocycles. The van der Waals surface area contributed by atoms with Crippen LogP contribution < -0.4 is 10.6 Å². The van der Waals surface area contributed by atoms with Crippen LogP contribution in [0.25, 0.3) is 0 Å². The van der Waals surface area contributed by atoms with Gasteiger partial charge in [-0.15, -0.1) is 11.3 Å². The highest BCUT2D eigenvalue weighted by Crippen LogP contribution is 2.39. The number of nitrogens with zero attached hydrogens (tertiary/aromatic N) is 3. The van der Waals surface area contributed by atoms with Crippen LogP contribution in [0.15, 0.2) is 0 Å². The Kier molecular flexibility index (Phi) is 5.07. The minimum atomic E-state index is -0.132. The van der Waals surface area contributed by atoms with E-state index in [4.69, 9.17) is 5.73 Å². The molecule has 2 rings (SSSR count). The standard InChI is InChI=1S/C15H22N4OS/c1-18(2)14(20)13-12(17)11(10-16)15(21-13)19-8-6-4-3-5-7-9-19/h3-9,17H2,1-2H3. The number of carbonyl (C=O) groups excluding carboxylic acids is 1. The summed E-state index contributed by atoms with van der Waals surface area (Å²) in [6.45, 7) is 1.87. The summed E-state index contributed by atoms with van der Waals surface area (Å²) in [5, 5.41) is 10.3. The van der Waals surface area contributed by atoms with Crippen LogP contribution in [-0.4, -0.2) is 38.0 Å². The maximum absolute atomic E-state index is 12.2. The highest BCUT2D eigenvalue weighted by atomic mass is 32.1. The van der Waals surface area contributed by atoms with E-state index in [2.05, 4.69) is 11.0 Å². The molecule has 0 radical (unpaired) electrons. The van der Waals surface area contributed by atoms with Gasteiger partial charge in [-0.2, -0.15) is 5.26 Å². The molecule has 0 spiro atoms. The van der Waals surface area contributed by atoms with E-state index >= 15 is 0 Å². The molecule has 0 saturated carbocycles. The van der Waals surface area contributed by atoms with Crippen molar-refractivity contribution in [2.45, 2.75) is 32.1 Å². The first-order chi connectivity index (χ1) is 10.1. The van der Waals surface area contributed by atoms with Gasteiger partial charge in [0, 0.05) is 27.2 Å². The highest BCUT2D eigenvalue weighted by Gasteiger charge is 2.25. The van der Waals surface area contributed by atoms with Gasteiger partial charge < -0.3 is 15.5 Å². The zero-order valence-corrected chi connectivity index (χ0v) is 13.5. The van der Waals surface area contributed by atoms with Crippen LogP contribution in [0.5, 0.6) is 0 Å². The fourth-order valence-corrected chi connectivity index (χ4v) is 3.82. The van der Waals surface area contributed by atoms with Gasteiger partial charge in [0.25, 0.3) is 5.91 Å². The summed E-state index contributed by atoms with van der Waals surface area (Å²) in [7, 11) is 3.40. The maximum Gasteiger partial charge on any atom is 0.265 e. The number of nitrogens with two attached hydrogens (primary N) is 1. The highest BCUT2D eigenvalue weighted by molar-refractivity contribution is 7.19. The summed E-state index contributed by atoms with van der Waals surface area (Å²) in [6, 6.07) is 2.18. The zero-order chi connectivity index (χ0) is 15.4. The first-order valence-electron chi connectivity index (χ1n) is 7.35. The average molecular weight is 306 g/mol. The SMILES string of the molecule is CN(C)C(=O)c1sc(N2CCCCCCC2)c(C#N)c1N. The van der Waals surface area contributed by atoms with Crippen molar-refractivity contribution < 1.29 is 4.79 Å². The van der Waals surface area contributed by atoms with Gasteiger partial charge in [0.2, 0.25) is 0 Å². The van der Waals surface area contributed by atoms with E-state index < -0.39 is 0 Å². The van der Waals surface area contributed by atoms with Crippen LogP contribution in [-0.2, 0) is 0 Å². The Labute approximate surface area is 129 Å². The number of rotatable bonds is 2. The van der Waals surface area contributed by atoms with Crippen molar-refractivity contribution in [3.63, 3.8) is 0 Å². The second-order valence-electron chi connectivity index (χ2n) is 5.59. The molecule has 2 heterocycles. The Morgan fingerprint density at radius 3 is 2.33 bits per heavy atom. The molecule has 1 aliphatic rings. The minimum absolute atomic E-state index is 0.132. The third-order valence-electron chi connectivity index (χ3n) is 3.78. The average Bonchev–Trinajstić information content (AvgIpc) is 2.74. The van der Waals surface area contributed by atoms with Crippen LogP contribution in [0.3, 0.4) is 0 Å². The molecule has 1 amide bonds. The van der Waals surface area contributed by atoms with Crippen LogP contribution >= 0.6 is 11.3 Å². The molecule has 1 aromatic rings. The predicted molar refractivity (Wildman–Crippen MR) is 86.8 cm³/mol. The van der Waals surface area contributed by atoms with Crippen molar-refractivity contribution in [1.82, 2.24) is 4.90 Å². The lowest BCUT2D eigenvalue weighted by Gasteiger charge is -2.25. The molecule has 1 saturated heterocycles. The molecule has 21 heavy (non-hydrogen) atoms. The van der Waals surface area contributed by atoms with Gasteiger partial charge in [-0.25, -0.2) is 0 Å². The van der Waals surface area contributed by atoms with E-state index in [-0.39, 0.29) is 5.91 Å². The molecule has 0 aromatic carbocycles. The molecule has 0 atom stereocenters. The first kappa shape index (κ1) is 15.6. The summed E-state index contributed by atoms with van der Waals surface area (Å²) < 4.78 is 0. The number of hydrogen-bond donors (Lipinski definition) is 1. The van der Waals surface area contributed by atoms with Gasteiger partial charge in [0.15, 0.2) is 0 Å². The van der Waals surface area contributed by atoms with E-state index in [0.29, 0.717) is 16.1 Å². The normalized spacial score (nSPS) is 16.0. The van der Waals surface area contributed by atoms with Crippen molar-refractivity contribution >= 4 is 27.9 Å². The molecule has 1 fully saturated rings. The number of amides is 1. The summed E-state index contributed by atoms with van der Waals surface area (Å²) in [4.78, 5) is 16.4. The Hall–Kier alpha value is -1.74. The van der Waals surface area contributed by atoms with Crippen LogP contribution in [0.4, 0.5) is 10.7 Å². The molecule has 0 aliphatic carbocycles. The van der Waals surface area contributed by atoms with Crippen molar-refractivity contribution in [1.29, 1.82) is 5.26 Å². The predicted octanol–water partition coefficient (Wildman–Crippen LogP) is 2.67. The number of anilines is 2. The number of hydrogen-bond acceptors (Lipinski definition) is 5. The zero-order valence-electron chi connectivity index (χ0n) is 12.7. The van der Waals surface area contributed by atoms with Crippen molar-refractivity contribution in [2.24, 2.45) is 0 Å². The number of thiophene rings is 1. The van der Waals surface area contributed by atoms with E-state index in [1.165, 1.54) is 35.5 Å². The van der Waals surface area contributed by atoms with E-state index in [0.717, 1.165) is 30.9 Å². The topological polar surface area (TPSA) is 73.4 Å². The summed E-state index contributed by atoms with van der Waals surface area (Å²) >= 11 is 1.36. The van der Waals surface area contributed by atoms with Gasteiger partial charge in [-0.3, -0.25) is 4.79 Å². The largest absolute Gasteiger partial charge is 0.396 e. The fraction of sp³-hybridized carbons (Fsp3) is 0.600. The molecule has 5 nitrogen and oxygen atoms in total. The van der Waals surface area contributed by atoms with E-state index in [9.17, 15) is 10.1 Å². The Bertz CT molecular complexity index is 551. The Morgan fingerprint density at radius 1 is 1.24 bits per heavy atom. The molecule has 1 aromatic heterocycles. The lowest BCUT2D eigenvalue weighted by Crippen LogP contribution is -2.26. The molecular weight excluding hydrogens is 284 g/mol. The first-order valence-corrected chi connectivity index (χ1v) is 8.17. The van der Waals surface area contributed by atoms with Crippen LogP contribution in [0.2, 0.25) is 0 Å². The molecule has 0 bridgehead atoms. The second kappa shape index (κ2) is 6.81. The van der Waals surface area contributed by atoms with Gasteiger partial charge in [-0.05, 0) is 12.8 Å². The third-order valence-corrected chi connectivity index (χ3v) is 5.04. The van der Waals surface area contributed by atoms with Crippen molar-refractivity contribution in [2.75, 3.05) is 37.8 Å². The van der Waals surface area contributed by atoms with Gasteiger partial charge in [-0.1, -0.05) is 19.3 Å². The minimum Gasteiger partial charge on any atom is -0.396 e. The lowest BCUT2D eigenvalue weighted by molar-refractivity contribution is 0.0833. The second-order valence-corrected chi connectivity index (χ2v) is 6.59. The molecule has 114 valence electrons. The van der Waals surface area contributed by atoms with Crippen molar-refractivity contribution in [3.8, 4) is 6.07 Å².